The van der Waals surface area contributed by atoms with E-state index in [4.69, 9.17) is 0 Å². The van der Waals surface area contributed by atoms with E-state index in [1.165, 1.54) is 22.5 Å². The molecular formula is C14H13N5OS. The fourth-order valence-electron chi connectivity index (χ4n) is 2.02. The van der Waals surface area contributed by atoms with Gasteiger partial charge in [-0.3, -0.25) is 4.79 Å². The Morgan fingerprint density at radius 2 is 2.00 bits per heavy atom. The normalized spacial score (nSPS) is 10.8. The number of rotatable bonds is 4. The highest BCUT2D eigenvalue weighted by Gasteiger charge is 2.18. The van der Waals surface area contributed by atoms with Crippen LogP contribution in [0.2, 0.25) is 0 Å². The standard InChI is InChI=1S/C14H13N5OS/c1-15-13-18-14(21-2)17-12-10(8-16-19(12)13)11(20)9-6-4-3-5-7-9/h3-8H,1-2H3,(H,15,17,18). The molecule has 0 fully saturated rings. The third-order valence-corrected chi connectivity index (χ3v) is 3.58. The number of hydrogen-bond donors (Lipinski definition) is 1. The van der Waals surface area contributed by atoms with Gasteiger partial charge in [-0.1, -0.05) is 42.1 Å². The molecule has 0 aliphatic carbocycles. The maximum absolute atomic E-state index is 12.6. The topological polar surface area (TPSA) is 72.2 Å². The van der Waals surface area contributed by atoms with E-state index < -0.39 is 0 Å². The zero-order chi connectivity index (χ0) is 14.8. The van der Waals surface area contributed by atoms with Gasteiger partial charge in [-0.15, -0.1) is 0 Å². The van der Waals surface area contributed by atoms with Crippen molar-refractivity contribution in [2.75, 3.05) is 18.6 Å². The second-order valence-electron chi connectivity index (χ2n) is 4.27. The lowest BCUT2D eigenvalue weighted by molar-refractivity contribution is 0.104. The van der Waals surface area contributed by atoms with Gasteiger partial charge in [0.25, 0.3) is 0 Å². The molecule has 106 valence electrons. The summed E-state index contributed by atoms with van der Waals surface area (Å²) in [5.74, 6) is 0.454. The third-order valence-electron chi connectivity index (χ3n) is 3.03. The maximum atomic E-state index is 12.6. The van der Waals surface area contributed by atoms with Gasteiger partial charge < -0.3 is 5.32 Å². The first-order valence-electron chi connectivity index (χ1n) is 6.32. The number of aromatic nitrogens is 4. The van der Waals surface area contributed by atoms with Crippen LogP contribution in [0.1, 0.15) is 15.9 Å². The first-order valence-corrected chi connectivity index (χ1v) is 7.54. The summed E-state index contributed by atoms with van der Waals surface area (Å²) in [6, 6.07) is 9.10. The number of fused-ring (bicyclic) bond motifs is 1. The summed E-state index contributed by atoms with van der Waals surface area (Å²) < 4.78 is 1.54. The van der Waals surface area contributed by atoms with Gasteiger partial charge in [-0.05, 0) is 6.26 Å². The highest BCUT2D eigenvalue weighted by molar-refractivity contribution is 7.98. The molecule has 1 N–H and O–H groups in total. The van der Waals surface area contributed by atoms with Crippen LogP contribution in [-0.2, 0) is 0 Å². The molecule has 3 rings (SSSR count). The minimum Gasteiger partial charge on any atom is -0.357 e. The number of carbonyl (C=O) groups excluding carboxylic acids is 1. The molecule has 0 aliphatic rings. The second-order valence-corrected chi connectivity index (χ2v) is 5.05. The number of anilines is 1. The maximum Gasteiger partial charge on any atom is 0.228 e. The molecule has 2 heterocycles. The van der Waals surface area contributed by atoms with Crippen molar-refractivity contribution in [2.45, 2.75) is 5.16 Å². The van der Waals surface area contributed by atoms with Crippen molar-refractivity contribution >= 4 is 29.1 Å². The van der Waals surface area contributed by atoms with Crippen LogP contribution in [0.5, 0.6) is 0 Å². The van der Waals surface area contributed by atoms with Crippen molar-refractivity contribution in [3.05, 3.63) is 47.7 Å². The number of carbonyl (C=O) groups is 1. The molecule has 0 unspecified atom stereocenters. The Kier molecular flexibility index (Phi) is 3.57. The average Bonchev–Trinajstić information content (AvgIpc) is 2.97. The van der Waals surface area contributed by atoms with Gasteiger partial charge in [0.05, 0.1) is 11.8 Å². The van der Waals surface area contributed by atoms with Crippen LogP contribution < -0.4 is 5.32 Å². The van der Waals surface area contributed by atoms with Gasteiger partial charge in [0.15, 0.2) is 16.6 Å². The predicted octanol–water partition coefficient (Wildman–Crippen LogP) is 2.12. The number of hydrogen-bond acceptors (Lipinski definition) is 6. The van der Waals surface area contributed by atoms with Crippen LogP contribution in [0.15, 0.2) is 41.7 Å². The Bertz CT molecular complexity index is 800. The molecule has 0 bridgehead atoms. The van der Waals surface area contributed by atoms with Crippen LogP contribution in [0.25, 0.3) is 5.65 Å². The molecule has 0 amide bonds. The van der Waals surface area contributed by atoms with Gasteiger partial charge in [0.1, 0.15) is 0 Å². The average molecular weight is 299 g/mol. The molecule has 0 radical (unpaired) electrons. The van der Waals surface area contributed by atoms with Crippen molar-refractivity contribution in [1.82, 2.24) is 19.6 Å². The van der Waals surface area contributed by atoms with E-state index in [0.717, 1.165) is 0 Å². The smallest absolute Gasteiger partial charge is 0.228 e. The van der Waals surface area contributed by atoms with E-state index in [0.29, 0.717) is 27.9 Å². The molecule has 0 saturated heterocycles. The molecule has 3 aromatic rings. The largest absolute Gasteiger partial charge is 0.357 e. The van der Waals surface area contributed by atoms with E-state index in [1.54, 1.807) is 19.2 Å². The van der Waals surface area contributed by atoms with E-state index in [2.05, 4.69) is 20.4 Å². The summed E-state index contributed by atoms with van der Waals surface area (Å²) in [6.07, 6.45) is 3.42. The second kappa shape index (κ2) is 5.53. The Hall–Kier alpha value is -2.41. The highest BCUT2D eigenvalue weighted by Crippen LogP contribution is 2.19. The van der Waals surface area contributed by atoms with Crippen molar-refractivity contribution in [1.29, 1.82) is 0 Å². The van der Waals surface area contributed by atoms with Crippen LogP contribution in [0, 0.1) is 0 Å². The Balaban J connectivity index is 2.18. The van der Waals surface area contributed by atoms with E-state index in [-0.39, 0.29) is 5.78 Å². The van der Waals surface area contributed by atoms with Crippen LogP contribution >= 0.6 is 11.8 Å². The summed E-state index contributed by atoms with van der Waals surface area (Å²) in [7, 11) is 1.76. The molecule has 1 aromatic carbocycles. The summed E-state index contributed by atoms with van der Waals surface area (Å²) in [5, 5.41) is 7.76. The molecule has 0 aliphatic heterocycles. The summed E-state index contributed by atoms with van der Waals surface area (Å²) in [4.78, 5) is 21.3. The lowest BCUT2D eigenvalue weighted by Gasteiger charge is -2.05. The lowest BCUT2D eigenvalue weighted by Crippen LogP contribution is -2.07. The van der Waals surface area contributed by atoms with Gasteiger partial charge >= 0.3 is 0 Å². The Morgan fingerprint density at radius 1 is 1.24 bits per heavy atom. The van der Waals surface area contributed by atoms with Gasteiger partial charge in [0, 0.05) is 12.6 Å². The van der Waals surface area contributed by atoms with Crippen molar-refractivity contribution in [3.63, 3.8) is 0 Å². The number of nitrogens with one attached hydrogen (secondary N) is 1. The predicted molar refractivity (Wildman–Crippen MR) is 82.0 cm³/mol. The first kappa shape index (κ1) is 13.6. The first-order chi connectivity index (χ1) is 10.2. The fraction of sp³-hybridized carbons (Fsp3) is 0.143. The molecule has 0 atom stereocenters. The van der Waals surface area contributed by atoms with Gasteiger partial charge in [-0.2, -0.15) is 14.6 Å². The fourth-order valence-corrected chi connectivity index (χ4v) is 2.37. The number of thioether (sulfide) groups is 1. The molecule has 21 heavy (non-hydrogen) atoms. The Labute approximate surface area is 125 Å². The molecular weight excluding hydrogens is 286 g/mol. The minimum absolute atomic E-state index is 0.0987. The molecule has 2 aromatic heterocycles. The quantitative estimate of drug-likeness (QED) is 0.587. The zero-order valence-corrected chi connectivity index (χ0v) is 12.4. The summed E-state index contributed by atoms with van der Waals surface area (Å²) in [6.45, 7) is 0. The van der Waals surface area contributed by atoms with E-state index in [9.17, 15) is 4.79 Å². The number of benzene rings is 1. The van der Waals surface area contributed by atoms with Gasteiger partial charge in [-0.25, -0.2) is 4.98 Å². The third kappa shape index (κ3) is 2.36. The van der Waals surface area contributed by atoms with Crippen molar-refractivity contribution in [3.8, 4) is 0 Å². The highest BCUT2D eigenvalue weighted by atomic mass is 32.2. The lowest BCUT2D eigenvalue weighted by atomic mass is 10.1. The van der Waals surface area contributed by atoms with Crippen molar-refractivity contribution < 1.29 is 4.79 Å². The van der Waals surface area contributed by atoms with E-state index in [1.807, 2.05) is 24.5 Å². The molecule has 0 saturated carbocycles. The Morgan fingerprint density at radius 3 is 2.67 bits per heavy atom. The number of ketones is 1. The molecule has 0 spiro atoms. The monoisotopic (exact) mass is 299 g/mol. The SMILES string of the molecule is CNc1nc(SC)nc2c(C(=O)c3ccccc3)cnn12. The van der Waals surface area contributed by atoms with Crippen LogP contribution in [-0.4, -0.2) is 38.7 Å². The van der Waals surface area contributed by atoms with E-state index >= 15 is 0 Å². The zero-order valence-electron chi connectivity index (χ0n) is 11.6. The molecule has 6 nitrogen and oxygen atoms in total. The summed E-state index contributed by atoms with van der Waals surface area (Å²) in [5.41, 5.74) is 1.59. The van der Waals surface area contributed by atoms with Crippen LogP contribution in [0.4, 0.5) is 5.95 Å². The van der Waals surface area contributed by atoms with Crippen molar-refractivity contribution in [2.24, 2.45) is 0 Å². The minimum atomic E-state index is -0.0987. The van der Waals surface area contributed by atoms with Gasteiger partial charge in [0.2, 0.25) is 5.95 Å². The summed E-state index contributed by atoms with van der Waals surface area (Å²) >= 11 is 1.42. The molecule has 7 heteroatoms. The number of nitrogens with zero attached hydrogens (tertiary/aromatic N) is 4. The van der Waals surface area contributed by atoms with Crippen LogP contribution in [0.3, 0.4) is 0 Å².